The highest BCUT2D eigenvalue weighted by Gasteiger charge is 2.39. The van der Waals surface area contributed by atoms with E-state index >= 15 is 0 Å². The zero-order valence-corrected chi connectivity index (χ0v) is 8.51. The molecule has 2 aliphatic heterocycles. The maximum Gasteiger partial charge on any atom is 0.276 e. The molecule has 1 amide bonds. The summed E-state index contributed by atoms with van der Waals surface area (Å²) in [7, 11) is 1.78. The molecule has 1 aromatic rings. The molecule has 3 rings (SSSR count). The van der Waals surface area contributed by atoms with Crippen LogP contribution in [0.1, 0.15) is 5.56 Å². The molecule has 0 spiro atoms. The van der Waals surface area contributed by atoms with E-state index in [1.165, 1.54) is 18.5 Å². The molecule has 80 valence electrons. The van der Waals surface area contributed by atoms with Gasteiger partial charge in [-0.2, -0.15) is 4.99 Å². The zero-order chi connectivity index (χ0) is 11.3. The summed E-state index contributed by atoms with van der Waals surface area (Å²) in [5.74, 6) is -0.588. The van der Waals surface area contributed by atoms with Crippen LogP contribution in [0.25, 0.3) is 0 Å². The molecule has 0 aliphatic carbocycles. The van der Waals surface area contributed by atoms with E-state index in [1.54, 1.807) is 18.0 Å². The molecular formula is C11H8FN3O. The van der Waals surface area contributed by atoms with Crippen LogP contribution in [-0.4, -0.2) is 31.0 Å². The second-order valence-electron chi connectivity index (χ2n) is 3.77. The quantitative estimate of drug-likeness (QED) is 0.650. The number of carbonyl (C=O) groups excluding carboxylic acids is 1. The molecule has 16 heavy (non-hydrogen) atoms. The highest BCUT2D eigenvalue weighted by Crippen LogP contribution is 2.33. The number of aliphatic imine (C=N–C) groups is 2. The van der Waals surface area contributed by atoms with Gasteiger partial charge in [-0.05, 0) is 18.2 Å². The van der Waals surface area contributed by atoms with Crippen LogP contribution in [0.2, 0.25) is 0 Å². The topological polar surface area (TPSA) is 45.0 Å². The number of amides is 1. The van der Waals surface area contributed by atoms with Crippen molar-refractivity contribution in [2.75, 3.05) is 11.9 Å². The second kappa shape index (κ2) is 2.98. The summed E-state index contributed by atoms with van der Waals surface area (Å²) in [6, 6.07) is 3.93. The molecule has 4 nitrogen and oxygen atoms in total. The minimum absolute atomic E-state index is 0.260. The molecule has 1 aromatic carbocycles. The molecule has 5 heteroatoms. The predicted octanol–water partition coefficient (Wildman–Crippen LogP) is 1.00. The highest BCUT2D eigenvalue weighted by molar-refractivity contribution is 6.28. The zero-order valence-electron chi connectivity index (χ0n) is 8.51. The smallest absolute Gasteiger partial charge is 0.276 e. The van der Waals surface area contributed by atoms with Crippen molar-refractivity contribution in [3.05, 3.63) is 29.6 Å². The van der Waals surface area contributed by atoms with Crippen molar-refractivity contribution in [1.82, 2.24) is 0 Å². The Balaban J connectivity index is 2.24. The third-order valence-electron chi connectivity index (χ3n) is 2.88. The van der Waals surface area contributed by atoms with Gasteiger partial charge in [-0.25, -0.2) is 9.38 Å². The van der Waals surface area contributed by atoms with Gasteiger partial charge in [0.05, 0.1) is 5.71 Å². The minimum Gasteiger partial charge on any atom is -0.357 e. The van der Waals surface area contributed by atoms with Gasteiger partial charge >= 0.3 is 0 Å². The van der Waals surface area contributed by atoms with E-state index in [-0.39, 0.29) is 11.7 Å². The van der Waals surface area contributed by atoms with Crippen molar-refractivity contribution in [3.63, 3.8) is 0 Å². The molecule has 0 saturated heterocycles. The predicted molar refractivity (Wildman–Crippen MR) is 58.6 cm³/mol. The summed E-state index contributed by atoms with van der Waals surface area (Å²) in [5, 5.41) is 0. The van der Waals surface area contributed by atoms with Gasteiger partial charge in [0.25, 0.3) is 5.91 Å². The van der Waals surface area contributed by atoms with Crippen LogP contribution in [0, 0.1) is 5.82 Å². The van der Waals surface area contributed by atoms with Crippen LogP contribution in [-0.2, 0) is 4.79 Å². The normalized spacial score (nSPS) is 21.9. The summed E-state index contributed by atoms with van der Waals surface area (Å²) < 4.78 is 13.2. The lowest BCUT2D eigenvalue weighted by atomic mass is 10.1. The van der Waals surface area contributed by atoms with E-state index in [4.69, 9.17) is 0 Å². The van der Waals surface area contributed by atoms with E-state index in [0.29, 0.717) is 11.3 Å². The highest BCUT2D eigenvalue weighted by atomic mass is 19.1. The first-order chi connectivity index (χ1) is 7.68. The number of likely N-dealkylation sites (N-methyl/N-ethyl adjacent to an activating group) is 1. The maximum atomic E-state index is 13.2. The van der Waals surface area contributed by atoms with Gasteiger partial charge in [0.2, 0.25) is 0 Å². The number of hydrogen-bond donors (Lipinski definition) is 0. The van der Waals surface area contributed by atoms with Crippen molar-refractivity contribution in [1.29, 1.82) is 0 Å². The molecule has 1 unspecified atom stereocenters. The summed E-state index contributed by atoms with van der Waals surface area (Å²) >= 11 is 0. The van der Waals surface area contributed by atoms with Crippen LogP contribution in [0.5, 0.6) is 0 Å². The average molecular weight is 217 g/mol. The molecule has 0 fully saturated rings. The number of rotatable bonds is 0. The van der Waals surface area contributed by atoms with Crippen LogP contribution >= 0.6 is 0 Å². The van der Waals surface area contributed by atoms with E-state index in [1.807, 2.05) is 0 Å². The molecule has 0 N–H and O–H groups in total. The average Bonchev–Trinajstić information content (AvgIpc) is 2.54. The Kier molecular flexibility index (Phi) is 1.71. The van der Waals surface area contributed by atoms with Crippen LogP contribution in [0.3, 0.4) is 0 Å². The summed E-state index contributed by atoms with van der Waals surface area (Å²) in [4.78, 5) is 21.1. The van der Waals surface area contributed by atoms with E-state index in [9.17, 15) is 9.18 Å². The van der Waals surface area contributed by atoms with Crippen molar-refractivity contribution < 1.29 is 9.18 Å². The van der Waals surface area contributed by atoms with E-state index < -0.39 is 6.04 Å². The number of halogens is 1. The molecule has 0 bridgehead atoms. The number of fused-ring (bicyclic) bond motifs is 3. The van der Waals surface area contributed by atoms with Crippen molar-refractivity contribution in [3.8, 4) is 0 Å². The number of carbonyl (C=O) groups is 1. The minimum atomic E-state index is -0.498. The molecule has 1 atom stereocenters. The lowest BCUT2D eigenvalue weighted by molar-refractivity contribution is -0.117. The number of anilines is 1. The molecule has 0 saturated carbocycles. The van der Waals surface area contributed by atoms with Gasteiger partial charge < -0.3 is 4.90 Å². The Bertz CT molecular complexity index is 550. The summed E-state index contributed by atoms with van der Waals surface area (Å²) in [6.07, 6.45) is 1.22. The van der Waals surface area contributed by atoms with E-state index in [0.717, 1.165) is 5.69 Å². The fraction of sp³-hybridized carbons (Fsp3) is 0.182. The van der Waals surface area contributed by atoms with Crippen molar-refractivity contribution in [2.45, 2.75) is 6.04 Å². The molecule has 2 aliphatic rings. The van der Waals surface area contributed by atoms with Crippen molar-refractivity contribution in [2.24, 2.45) is 9.98 Å². The Hall–Kier alpha value is -2.04. The van der Waals surface area contributed by atoms with Gasteiger partial charge in [0, 0.05) is 18.3 Å². The first kappa shape index (κ1) is 9.21. The molecule has 2 heterocycles. The van der Waals surface area contributed by atoms with Gasteiger partial charge in [-0.15, -0.1) is 0 Å². The lowest BCUT2D eigenvalue weighted by Crippen LogP contribution is -2.40. The molecule has 0 aromatic heterocycles. The van der Waals surface area contributed by atoms with Crippen LogP contribution in [0.4, 0.5) is 10.1 Å². The Morgan fingerprint density at radius 1 is 1.44 bits per heavy atom. The Labute approximate surface area is 91.1 Å². The van der Waals surface area contributed by atoms with Gasteiger partial charge in [0.15, 0.2) is 6.04 Å². The second-order valence-corrected chi connectivity index (χ2v) is 3.77. The van der Waals surface area contributed by atoms with Crippen molar-refractivity contribution >= 4 is 23.6 Å². The Morgan fingerprint density at radius 3 is 3.06 bits per heavy atom. The first-order valence-corrected chi connectivity index (χ1v) is 4.85. The maximum absolute atomic E-state index is 13.2. The Morgan fingerprint density at radius 2 is 2.25 bits per heavy atom. The van der Waals surface area contributed by atoms with Crippen LogP contribution < -0.4 is 4.90 Å². The third kappa shape index (κ3) is 1.05. The first-order valence-electron chi connectivity index (χ1n) is 4.85. The SMILES string of the molecule is CN1c2ccc(F)cc2C2=NC=NC(=O)C21. The van der Waals surface area contributed by atoms with Crippen LogP contribution in [0.15, 0.2) is 28.2 Å². The number of nitrogens with zero attached hydrogens (tertiary/aromatic N) is 3. The van der Waals surface area contributed by atoms with E-state index in [2.05, 4.69) is 9.98 Å². The fourth-order valence-electron chi connectivity index (χ4n) is 2.13. The lowest BCUT2D eigenvalue weighted by Gasteiger charge is -2.20. The van der Waals surface area contributed by atoms with Gasteiger partial charge in [0.1, 0.15) is 12.2 Å². The van der Waals surface area contributed by atoms with Gasteiger partial charge in [-0.3, -0.25) is 4.79 Å². The van der Waals surface area contributed by atoms with Gasteiger partial charge in [-0.1, -0.05) is 0 Å². The molecular weight excluding hydrogens is 209 g/mol. The number of benzene rings is 1. The summed E-state index contributed by atoms with van der Waals surface area (Å²) in [5.41, 5.74) is 2.06. The molecule has 0 radical (unpaired) electrons. The number of hydrogen-bond acceptors (Lipinski definition) is 3. The largest absolute Gasteiger partial charge is 0.357 e. The third-order valence-corrected chi connectivity index (χ3v) is 2.88. The monoisotopic (exact) mass is 217 g/mol. The fourth-order valence-corrected chi connectivity index (χ4v) is 2.13. The summed E-state index contributed by atoms with van der Waals surface area (Å²) in [6.45, 7) is 0. The standard InChI is InChI=1S/C11H8FN3O/c1-15-8-3-2-6(12)4-7(8)9-10(15)11(16)14-5-13-9/h2-5,10H,1H3.